The van der Waals surface area contributed by atoms with Crippen LogP contribution in [0.15, 0.2) is 87.8 Å². The average molecular weight is 509 g/mol. The molecule has 0 fully saturated rings. The van der Waals surface area contributed by atoms with Gasteiger partial charge in [0, 0.05) is 20.2 Å². The molecular weight excluding hydrogens is 490 g/mol. The minimum atomic E-state index is -0.0908. The number of fused-ring (bicyclic) bond motifs is 1. The van der Waals surface area contributed by atoms with E-state index < -0.39 is 0 Å². The third-order valence-corrected chi connectivity index (χ3v) is 6.81. The molecular formula is C25H19Br2NO. The molecule has 0 unspecified atom stereocenters. The number of amides is 1. The third-order valence-electron chi connectivity index (χ3n) is 4.96. The molecule has 0 saturated heterocycles. The van der Waals surface area contributed by atoms with Crippen LogP contribution in [-0.2, 0) is 6.42 Å². The van der Waals surface area contributed by atoms with Crippen LogP contribution in [0.1, 0.15) is 27.0 Å². The van der Waals surface area contributed by atoms with Crippen molar-refractivity contribution in [1.29, 1.82) is 0 Å². The second kappa shape index (κ2) is 8.52. The van der Waals surface area contributed by atoms with E-state index in [2.05, 4.69) is 67.5 Å². The molecule has 4 heteroatoms. The van der Waals surface area contributed by atoms with Gasteiger partial charge in [0.2, 0.25) is 0 Å². The average Bonchev–Trinajstić information content (AvgIpc) is 2.71. The molecule has 0 spiro atoms. The minimum absolute atomic E-state index is 0.0908. The minimum Gasteiger partial charge on any atom is -0.322 e. The largest absolute Gasteiger partial charge is 0.322 e. The maximum atomic E-state index is 12.5. The number of aryl methyl sites for hydroxylation is 1. The van der Waals surface area contributed by atoms with E-state index in [0.29, 0.717) is 5.56 Å². The topological polar surface area (TPSA) is 29.1 Å². The van der Waals surface area contributed by atoms with Gasteiger partial charge in [-0.25, -0.2) is 0 Å². The Bertz CT molecular complexity index is 1200. The molecule has 2 nitrogen and oxygen atoms in total. The number of carbonyl (C=O) groups is 1. The fourth-order valence-corrected chi connectivity index (χ4v) is 4.04. The summed E-state index contributed by atoms with van der Waals surface area (Å²) >= 11 is 7.12. The fourth-order valence-electron chi connectivity index (χ4n) is 3.32. The highest BCUT2D eigenvalue weighted by atomic mass is 79.9. The molecule has 0 aliphatic carbocycles. The lowest BCUT2D eigenvalue weighted by Gasteiger charge is -2.09. The van der Waals surface area contributed by atoms with Gasteiger partial charge < -0.3 is 5.32 Å². The van der Waals surface area contributed by atoms with Crippen molar-refractivity contribution in [1.82, 2.24) is 0 Å². The first-order valence-corrected chi connectivity index (χ1v) is 10.9. The van der Waals surface area contributed by atoms with Gasteiger partial charge in [-0.05, 0) is 103 Å². The van der Waals surface area contributed by atoms with Crippen molar-refractivity contribution < 1.29 is 4.79 Å². The first-order chi connectivity index (χ1) is 14.0. The van der Waals surface area contributed by atoms with Crippen molar-refractivity contribution in [3.05, 3.63) is 110 Å². The van der Waals surface area contributed by atoms with Crippen LogP contribution in [0.2, 0.25) is 0 Å². The number of nitrogens with one attached hydrogen (secondary N) is 1. The van der Waals surface area contributed by atoms with Crippen LogP contribution >= 0.6 is 31.9 Å². The van der Waals surface area contributed by atoms with Gasteiger partial charge >= 0.3 is 0 Å². The Kier molecular flexibility index (Phi) is 5.84. The molecule has 0 atom stereocenters. The summed E-state index contributed by atoms with van der Waals surface area (Å²) in [6.07, 6.45) is 0.823. The summed E-state index contributed by atoms with van der Waals surface area (Å²) in [5.41, 5.74) is 4.96. The van der Waals surface area contributed by atoms with Crippen LogP contribution in [0.5, 0.6) is 0 Å². The summed E-state index contributed by atoms with van der Waals surface area (Å²) in [5.74, 6) is -0.0908. The second-order valence-electron chi connectivity index (χ2n) is 7.09. The quantitative estimate of drug-likeness (QED) is 0.303. The van der Waals surface area contributed by atoms with Crippen molar-refractivity contribution in [3.63, 3.8) is 0 Å². The third kappa shape index (κ3) is 4.60. The SMILES string of the molecule is Cc1ccccc1NC(=O)c1ccc(Cc2ccc3cc(Br)c(Br)cc3c2)cc1. The standard InChI is InChI=1S/C25H19Br2NO/c1-16-4-2-3-5-24(16)28-25(29)19-9-6-17(7-10-19)12-18-8-11-20-14-22(26)23(27)15-21(20)13-18/h2-11,13-15H,12H2,1H3,(H,28,29). The molecule has 4 aromatic rings. The number of halogens is 2. The summed E-state index contributed by atoms with van der Waals surface area (Å²) in [7, 11) is 0. The van der Waals surface area contributed by atoms with Crippen LogP contribution in [0.25, 0.3) is 10.8 Å². The zero-order chi connectivity index (χ0) is 20.4. The normalized spacial score (nSPS) is 10.9. The molecule has 0 heterocycles. The van der Waals surface area contributed by atoms with Crippen molar-refractivity contribution in [2.45, 2.75) is 13.3 Å². The Labute approximate surface area is 187 Å². The van der Waals surface area contributed by atoms with Crippen LogP contribution in [0.4, 0.5) is 5.69 Å². The lowest BCUT2D eigenvalue weighted by Crippen LogP contribution is -2.12. The molecule has 144 valence electrons. The van der Waals surface area contributed by atoms with Gasteiger partial charge in [-0.15, -0.1) is 0 Å². The fraction of sp³-hybridized carbons (Fsp3) is 0.0800. The van der Waals surface area contributed by atoms with Gasteiger partial charge in [0.1, 0.15) is 0 Å². The highest BCUT2D eigenvalue weighted by Gasteiger charge is 2.08. The molecule has 0 aliphatic heterocycles. The number of rotatable bonds is 4. The molecule has 0 saturated carbocycles. The number of hydrogen-bond donors (Lipinski definition) is 1. The number of para-hydroxylation sites is 1. The van der Waals surface area contributed by atoms with Crippen LogP contribution in [-0.4, -0.2) is 5.91 Å². The number of benzene rings is 4. The number of hydrogen-bond acceptors (Lipinski definition) is 1. The van der Waals surface area contributed by atoms with Crippen molar-refractivity contribution in [2.75, 3.05) is 5.32 Å². The second-order valence-corrected chi connectivity index (χ2v) is 8.80. The molecule has 4 rings (SSSR count). The Morgan fingerprint density at radius 1 is 0.793 bits per heavy atom. The van der Waals surface area contributed by atoms with E-state index in [4.69, 9.17) is 0 Å². The van der Waals surface area contributed by atoms with E-state index >= 15 is 0 Å². The smallest absolute Gasteiger partial charge is 0.255 e. The molecule has 0 radical (unpaired) electrons. The Hall–Kier alpha value is -2.43. The monoisotopic (exact) mass is 507 g/mol. The van der Waals surface area contributed by atoms with E-state index in [1.807, 2.05) is 55.5 Å². The summed E-state index contributed by atoms with van der Waals surface area (Å²) in [4.78, 5) is 12.5. The summed E-state index contributed by atoms with van der Waals surface area (Å²) in [6, 6.07) is 26.4. The molecule has 1 amide bonds. The van der Waals surface area contributed by atoms with Gasteiger partial charge in [0.15, 0.2) is 0 Å². The first-order valence-electron chi connectivity index (χ1n) is 9.33. The lowest BCUT2D eigenvalue weighted by atomic mass is 10.0. The van der Waals surface area contributed by atoms with Crippen LogP contribution in [0.3, 0.4) is 0 Å². The molecule has 0 bridgehead atoms. The molecule has 0 aromatic heterocycles. The molecule has 0 aliphatic rings. The van der Waals surface area contributed by atoms with Gasteiger partial charge in [-0.2, -0.15) is 0 Å². The van der Waals surface area contributed by atoms with Gasteiger partial charge in [-0.3, -0.25) is 4.79 Å². The highest BCUT2D eigenvalue weighted by Crippen LogP contribution is 2.29. The van der Waals surface area contributed by atoms with E-state index in [1.165, 1.54) is 21.9 Å². The maximum Gasteiger partial charge on any atom is 0.255 e. The van der Waals surface area contributed by atoms with Gasteiger partial charge in [0.05, 0.1) is 0 Å². The Balaban J connectivity index is 1.49. The van der Waals surface area contributed by atoms with Gasteiger partial charge in [-0.1, -0.05) is 48.5 Å². The number of anilines is 1. The van der Waals surface area contributed by atoms with Crippen LogP contribution < -0.4 is 5.32 Å². The zero-order valence-electron chi connectivity index (χ0n) is 15.9. The lowest BCUT2D eigenvalue weighted by molar-refractivity contribution is 0.102. The summed E-state index contributed by atoms with van der Waals surface area (Å²) < 4.78 is 2.10. The summed E-state index contributed by atoms with van der Waals surface area (Å²) in [5, 5.41) is 5.38. The molecule has 4 aromatic carbocycles. The molecule has 1 N–H and O–H groups in total. The van der Waals surface area contributed by atoms with Crippen molar-refractivity contribution in [3.8, 4) is 0 Å². The van der Waals surface area contributed by atoms with E-state index in [0.717, 1.165) is 26.6 Å². The van der Waals surface area contributed by atoms with Crippen molar-refractivity contribution >= 4 is 54.2 Å². The first kappa shape index (κ1) is 19.9. The highest BCUT2D eigenvalue weighted by molar-refractivity contribution is 9.13. The van der Waals surface area contributed by atoms with Crippen molar-refractivity contribution in [2.24, 2.45) is 0 Å². The summed E-state index contributed by atoms with van der Waals surface area (Å²) in [6.45, 7) is 1.99. The van der Waals surface area contributed by atoms with E-state index in [1.54, 1.807) is 0 Å². The van der Waals surface area contributed by atoms with E-state index in [-0.39, 0.29) is 5.91 Å². The molecule has 29 heavy (non-hydrogen) atoms. The predicted molar refractivity (Wildman–Crippen MR) is 128 cm³/mol. The predicted octanol–water partition coefficient (Wildman–Crippen LogP) is 7.52. The zero-order valence-corrected chi connectivity index (χ0v) is 19.0. The van der Waals surface area contributed by atoms with Gasteiger partial charge in [0.25, 0.3) is 5.91 Å². The Morgan fingerprint density at radius 2 is 1.45 bits per heavy atom. The maximum absolute atomic E-state index is 12.5. The van der Waals surface area contributed by atoms with E-state index in [9.17, 15) is 4.79 Å². The number of carbonyl (C=O) groups excluding carboxylic acids is 1. The Morgan fingerprint density at radius 3 is 2.17 bits per heavy atom. The van der Waals surface area contributed by atoms with Crippen LogP contribution in [0, 0.1) is 6.92 Å².